The molecule has 0 amide bonds. The van der Waals surface area contributed by atoms with Crippen LogP contribution in [-0.2, 0) is 0 Å². The second-order valence-corrected chi connectivity index (χ2v) is 12.0. The predicted octanol–water partition coefficient (Wildman–Crippen LogP) is 10.8. The summed E-state index contributed by atoms with van der Waals surface area (Å²) >= 11 is 1.80. The zero-order chi connectivity index (χ0) is 29.0. The first-order chi connectivity index (χ1) is 21.8. The highest BCUT2D eigenvalue weighted by atomic mass is 32.1. The minimum atomic E-state index is 0.665. The van der Waals surface area contributed by atoms with Crippen molar-refractivity contribution in [3.63, 3.8) is 0 Å². The highest BCUT2D eigenvalue weighted by molar-refractivity contribution is 7.25. The molecule has 0 bridgehead atoms. The van der Waals surface area contributed by atoms with Gasteiger partial charge in [0.1, 0.15) is 11.2 Å². The molecule has 9 rings (SSSR count). The number of aromatic nitrogens is 3. The van der Waals surface area contributed by atoms with E-state index in [2.05, 4.69) is 66.7 Å². The molecule has 0 atom stereocenters. The van der Waals surface area contributed by atoms with Gasteiger partial charge in [-0.15, -0.1) is 11.3 Å². The Kier molecular flexibility index (Phi) is 5.64. The largest absolute Gasteiger partial charge is 0.456 e. The number of hydrogen-bond acceptors (Lipinski definition) is 5. The summed E-state index contributed by atoms with van der Waals surface area (Å²) in [6.07, 6.45) is 0. The number of para-hydroxylation sites is 1. The van der Waals surface area contributed by atoms with E-state index in [4.69, 9.17) is 19.4 Å². The minimum Gasteiger partial charge on any atom is -0.456 e. The molecule has 0 spiro atoms. The summed E-state index contributed by atoms with van der Waals surface area (Å²) < 4.78 is 8.51. The van der Waals surface area contributed by atoms with Crippen molar-refractivity contribution >= 4 is 53.4 Å². The summed E-state index contributed by atoms with van der Waals surface area (Å²) in [5, 5.41) is 4.76. The van der Waals surface area contributed by atoms with Crippen molar-refractivity contribution in [1.82, 2.24) is 15.0 Å². The molecule has 0 unspecified atom stereocenters. The van der Waals surface area contributed by atoms with E-state index in [9.17, 15) is 0 Å². The van der Waals surface area contributed by atoms with Crippen molar-refractivity contribution in [2.75, 3.05) is 0 Å². The Balaban J connectivity index is 1.15. The molecular weight excluding hydrogens is 559 g/mol. The van der Waals surface area contributed by atoms with Crippen molar-refractivity contribution in [2.45, 2.75) is 0 Å². The third-order valence-corrected chi connectivity index (χ3v) is 9.27. The SMILES string of the molecule is c1ccc(-c2nc(-c3ccccc3)nc(-c3ccc4c(c3)sc3ccc(-c5ccc6oc7ccccc7c6c5)cc34)n2)cc1. The smallest absolute Gasteiger partial charge is 0.164 e. The molecule has 0 N–H and O–H groups in total. The molecule has 0 fully saturated rings. The van der Waals surface area contributed by atoms with Crippen LogP contribution in [0.5, 0.6) is 0 Å². The lowest BCUT2D eigenvalue weighted by molar-refractivity contribution is 0.669. The van der Waals surface area contributed by atoms with Gasteiger partial charge in [0, 0.05) is 47.6 Å². The molecular formula is C39H23N3OS. The highest BCUT2D eigenvalue weighted by Crippen LogP contribution is 2.39. The van der Waals surface area contributed by atoms with Gasteiger partial charge in [0.05, 0.1) is 0 Å². The van der Waals surface area contributed by atoms with E-state index in [0.717, 1.165) is 38.6 Å². The van der Waals surface area contributed by atoms with E-state index >= 15 is 0 Å². The first kappa shape index (κ1) is 24.9. The van der Waals surface area contributed by atoms with Crippen LogP contribution in [0.15, 0.2) is 144 Å². The molecule has 3 heterocycles. The fourth-order valence-electron chi connectivity index (χ4n) is 5.94. The molecule has 206 valence electrons. The molecule has 0 radical (unpaired) electrons. The van der Waals surface area contributed by atoms with Gasteiger partial charge in [0.2, 0.25) is 0 Å². The van der Waals surface area contributed by atoms with Crippen LogP contribution < -0.4 is 0 Å². The van der Waals surface area contributed by atoms with Crippen LogP contribution in [0.2, 0.25) is 0 Å². The Morgan fingerprint density at radius 2 is 0.932 bits per heavy atom. The Hall–Kier alpha value is -5.65. The molecule has 3 aromatic heterocycles. The molecule has 0 saturated heterocycles. The van der Waals surface area contributed by atoms with Gasteiger partial charge < -0.3 is 4.42 Å². The van der Waals surface area contributed by atoms with Crippen LogP contribution >= 0.6 is 11.3 Å². The number of benzene rings is 6. The lowest BCUT2D eigenvalue weighted by Gasteiger charge is -2.08. The van der Waals surface area contributed by atoms with Gasteiger partial charge >= 0.3 is 0 Å². The number of nitrogens with zero attached hydrogens (tertiary/aromatic N) is 3. The Morgan fingerprint density at radius 3 is 1.66 bits per heavy atom. The Bertz CT molecular complexity index is 2440. The summed E-state index contributed by atoms with van der Waals surface area (Å²) in [5.41, 5.74) is 7.09. The number of fused-ring (bicyclic) bond motifs is 6. The van der Waals surface area contributed by atoms with Crippen LogP contribution in [0, 0.1) is 0 Å². The monoisotopic (exact) mass is 581 g/mol. The molecule has 6 aromatic carbocycles. The van der Waals surface area contributed by atoms with Gasteiger partial charge in [-0.3, -0.25) is 0 Å². The second kappa shape index (κ2) is 9.97. The van der Waals surface area contributed by atoms with Crippen molar-refractivity contribution in [3.8, 4) is 45.3 Å². The highest BCUT2D eigenvalue weighted by Gasteiger charge is 2.15. The molecule has 5 heteroatoms. The predicted molar refractivity (Wildman–Crippen MR) is 182 cm³/mol. The van der Waals surface area contributed by atoms with E-state index in [1.807, 2.05) is 72.8 Å². The van der Waals surface area contributed by atoms with Crippen LogP contribution in [0.3, 0.4) is 0 Å². The van der Waals surface area contributed by atoms with Gasteiger partial charge in [-0.2, -0.15) is 0 Å². The quantitative estimate of drug-likeness (QED) is 0.207. The maximum absolute atomic E-state index is 6.06. The molecule has 44 heavy (non-hydrogen) atoms. The Labute approximate surface area is 256 Å². The maximum Gasteiger partial charge on any atom is 0.164 e. The standard InChI is InChI=1S/C39H23N3OS/c1-3-9-24(10-4-1)37-40-38(25-11-5-2-6-12-25)42-39(41-37)28-15-18-30-32-22-27(17-20-35(32)44-36(30)23-28)26-16-19-34-31(21-26)29-13-7-8-14-33(29)43-34/h1-23H. The van der Waals surface area contributed by atoms with E-state index in [1.54, 1.807) is 11.3 Å². The molecule has 0 aliphatic heterocycles. The van der Waals surface area contributed by atoms with Crippen LogP contribution in [0.25, 0.3) is 87.4 Å². The van der Waals surface area contributed by atoms with Crippen molar-refractivity contribution in [1.29, 1.82) is 0 Å². The number of rotatable bonds is 4. The van der Waals surface area contributed by atoms with E-state index in [1.165, 1.54) is 31.3 Å². The molecule has 0 aliphatic rings. The summed E-state index contributed by atoms with van der Waals surface area (Å²) in [5.74, 6) is 1.99. The van der Waals surface area contributed by atoms with Gasteiger partial charge in [-0.25, -0.2) is 15.0 Å². The second-order valence-electron chi connectivity index (χ2n) is 10.9. The number of hydrogen-bond donors (Lipinski definition) is 0. The molecule has 4 nitrogen and oxygen atoms in total. The molecule has 9 aromatic rings. The Morgan fingerprint density at radius 1 is 0.364 bits per heavy atom. The van der Waals surface area contributed by atoms with Crippen LogP contribution in [0.4, 0.5) is 0 Å². The van der Waals surface area contributed by atoms with Crippen molar-refractivity contribution in [2.24, 2.45) is 0 Å². The lowest BCUT2D eigenvalue weighted by atomic mass is 10.0. The topological polar surface area (TPSA) is 51.8 Å². The molecule has 0 aliphatic carbocycles. The third-order valence-electron chi connectivity index (χ3n) is 8.14. The number of thiophene rings is 1. The van der Waals surface area contributed by atoms with E-state index in [-0.39, 0.29) is 0 Å². The summed E-state index contributed by atoms with van der Waals surface area (Å²) in [6, 6.07) is 48.2. The van der Waals surface area contributed by atoms with Gasteiger partial charge in [0.15, 0.2) is 17.5 Å². The summed E-state index contributed by atoms with van der Waals surface area (Å²) in [7, 11) is 0. The fraction of sp³-hybridized carbons (Fsp3) is 0. The molecule has 0 saturated carbocycles. The minimum absolute atomic E-state index is 0.665. The van der Waals surface area contributed by atoms with Gasteiger partial charge in [0.25, 0.3) is 0 Å². The fourth-order valence-corrected chi connectivity index (χ4v) is 7.06. The normalized spacial score (nSPS) is 11.6. The van der Waals surface area contributed by atoms with E-state index < -0.39 is 0 Å². The van der Waals surface area contributed by atoms with Gasteiger partial charge in [-0.05, 0) is 47.5 Å². The zero-order valence-corrected chi connectivity index (χ0v) is 24.3. The number of furan rings is 1. The first-order valence-corrected chi connectivity index (χ1v) is 15.3. The van der Waals surface area contributed by atoms with Crippen LogP contribution in [0.1, 0.15) is 0 Å². The van der Waals surface area contributed by atoms with E-state index in [0.29, 0.717) is 17.5 Å². The maximum atomic E-state index is 6.06. The average molecular weight is 582 g/mol. The van der Waals surface area contributed by atoms with Crippen LogP contribution in [-0.4, -0.2) is 15.0 Å². The first-order valence-electron chi connectivity index (χ1n) is 14.5. The summed E-state index contributed by atoms with van der Waals surface area (Å²) in [4.78, 5) is 14.7. The van der Waals surface area contributed by atoms with Crippen molar-refractivity contribution < 1.29 is 4.42 Å². The zero-order valence-electron chi connectivity index (χ0n) is 23.4. The average Bonchev–Trinajstić information content (AvgIpc) is 3.66. The van der Waals surface area contributed by atoms with Crippen molar-refractivity contribution in [3.05, 3.63) is 140 Å². The summed E-state index contributed by atoms with van der Waals surface area (Å²) in [6.45, 7) is 0. The van der Waals surface area contributed by atoms with Gasteiger partial charge in [-0.1, -0.05) is 103 Å². The lowest BCUT2D eigenvalue weighted by Crippen LogP contribution is -1.99. The third kappa shape index (κ3) is 4.17.